The van der Waals surface area contributed by atoms with Gasteiger partial charge in [-0.2, -0.15) is 0 Å². The Hall–Kier alpha value is -0.860. The molecule has 3 heteroatoms. The Morgan fingerprint density at radius 3 is 2.53 bits per heavy atom. The van der Waals surface area contributed by atoms with Gasteiger partial charge in [0.05, 0.1) is 0 Å². The fraction of sp³-hybridized carbons (Fsp3) is 0.875. The first-order valence-corrected chi connectivity index (χ1v) is 7.71. The van der Waals surface area contributed by atoms with Crippen LogP contribution in [0.4, 0.5) is 0 Å². The Morgan fingerprint density at radius 2 is 1.95 bits per heavy atom. The van der Waals surface area contributed by atoms with Crippen molar-refractivity contribution in [3.8, 4) is 0 Å². The van der Waals surface area contributed by atoms with Gasteiger partial charge < -0.3 is 4.90 Å². The molecule has 2 aliphatic rings. The Kier molecular flexibility index (Phi) is 4.32. The van der Waals surface area contributed by atoms with Gasteiger partial charge in [0.2, 0.25) is 5.91 Å². The number of carbonyl (C=O) groups is 2. The second kappa shape index (κ2) is 5.64. The second-order valence-corrected chi connectivity index (χ2v) is 7.35. The van der Waals surface area contributed by atoms with E-state index in [-0.39, 0.29) is 23.3 Å². The lowest BCUT2D eigenvalue weighted by Crippen LogP contribution is -2.49. The van der Waals surface area contributed by atoms with Crippen LogP contribution in [0.2, 0.25) is 0 Å². The van der Waals surface area contributed by atoms with E-state index in [0.717, 1.165) is 45.1 Å². The highest BCUT2D eigenvalue weighted by molar-refractivity contribution is 5.85. The smallest absolute Gasteiger partial charge is 0.223 e. The van der Waals surface area contributed by atoms with E-state index in [0.29, 0.717) is 12.2 Å². The molecule has 1 aliphatic carbocycles. The molecule has 0 spiro atoms. The van der Waals surface area contributed by atoms with E-state index in [4.69, 9.17) is 0 Å². The zero-order valence-corrected chi connectivity index (χ0v) is 12.6. The van der Waals surface area contributed by atoms with E-state index in [1.807, 2.05) is 4.90 Å². The molecule has 3 nitrogen and oxygen atoms in total. The monoisotopic (exact) mass is 265 g/mol. The van der Waals surface area contributed by atoms with E-state index >= 15 is 0 Å². The molecule has 2 fully saturated rings. The molecule has 1 saturated heterocycles. The highest BCUT2D eigenvalue weighted by Gasteiger charge is 2.39. The molecule has 1 aliphatic heterocycles. The van der Waals surface area contributed by atoms with Crippen molar-refractivity contribution in [3.05, 3.63) is 0 Å². The minimum Gasteiger partial charge on any atom is -0.339 e. The van der Waals surface area contributed by atoms with Crippen LogP contribution in [-0.4, -0.2) is 29.2 Å². The van der Waals surface area contributed by atoms with Crippen molar-refractivity contribution in [1.29, 1.82) is 0 Å². The van der Waals surface area contributed by atoms with Gasteiger partial charge in [-0.15, -0.1) is 0 Å². The summed E-state index contributed by atoms with van der Waals surface area (Å²) in [6.45, 7) is 7.16. The number of hydrogen-bond donors (Lipinski definition) is 0. The van der Waals surface area contributed by atoms with Gasteiger partial charge in [0.25, 0.3) is 0 Å². The molecule has 2 rings (SSSR count). The predicted octanol–water partition coefficient (Wildman–Crippen LogP) is 3.17. The third kappa shape index (κ3) is 3.58. The van der Waals surface area contributed by atoms with Crippen molar-refractivity contribution in [2.75, 3.05) is 6.54 Å². The number of ketones is 1. The average molecular weight is 265 g/mol. The van der Waals surface area contributed by atoms with Crippen LogP contribution in [-0.2, 0) is 9.59 Å². The lowest BCUT2D eigenvalue weighted by molar-refractivity contribution is -0.139. The van der Waals surface area contributed by atoms with Crippen molar-refractivity contribution in [2.45, 2.75) is 71.8 Å². The van der Waals surface area contributed by atoms with Gasteiger partial charge in [-0.1, -0.05) is 20.8 Å². The maximum Gasteiger partial charge on any atom is 0.223 e. The van der Waals surface area contributed by atoms with Gasteiger partial charge in [0, 0.05) is 31.3 Å². The topological polar surface area (TPSA) is 37.4 Å². The first-order chi connectivity index (χ1) is 8.88. The van der Waals surface area contributed by atoms with Gasteiger partial charge in [-0.05, 0) is 37.5 Å². The molecule has 19 heavy (non-hydrogen) atoms. The van der Waals surface area contributed by atoms with Gasteiger partial charge in [-0.25, -0.2) is 0 Å². The zero-order chi connectivity index (χ0) is 14.0. The third-order valence-electron chi connectivity index (χ3n) is 4.37. The zero-order valence-electron chi connectivity index (χ0n) is 12.6. The fourth-order valence-corrected chi connectivity index (χ4v) is 3.49. The molecule has 1 saturated carbocycles. The third-order valence-corrected chi connectivity index (χ3v) is 4.37. The highest BCUT2D eigenvalue weighted by Crippen LogP contribution is 2.34. The Balaban J connectivity index is 2.07. The fourth-order valence-electron chi connectivity index (χ4n) is 3.49. The van der Waals surface area contributed by atoms with Crippen LogP contribution < -0.4 is 0 Å². The molecule has 1 amide bonds. The van der Waals surface area contributed by atoms with Crippen LogP contribution in [0, 0.1) is 11.3 Å². The molecule has 0 radical (unpaired) electrons. The molecule has 0 bridgehead atoms. The van der Waals surface area contributed by atoms with Crippen LogP contribution >= 0.6 is 0 Å². The second-order valence-electron chi connectivity index (χ2n) is 7.35. The Labute approximate surface area is 116 Å². The van der Waals surface area contributed by atoms with Gasteiger partial charge in [0.15, 0.2) is 0 Å². The van der Waals surface area contributed by atoms with E-state index in [1.165, 1.54) is 0 Å². The number of nitrogens with zero attached hydrogens (tertiary/aromatic N) is 1. The number of piperidine rings is 1. The molecule has 0 aromatic rings. The maximum absolute atomic E-state index is 12.5. The van der Waals surface area contributed by atoms with Gasteiger partial charge >= 0.3 is 0 Å². The van der Waals surface area contributed by atoms with Crippen LogP contribution in [0.1, 0.15) is 65.7 Å². The molecular weight excluding hydrogens is 238 g/mol. The predicted molar refractivity (Wildman–Crippen MR) is 75.8 cm³/mol. The largest absolute Gasteiger partial charge is 0.339 e. The van der Waals surface area contributed by atoms with Gasteiger partial charge in [-0.3, -0.25) is 9.59 Å². The Morgan fingerprint density at radius 1 is 1.21 bits per heavy atom. The van der Waals surface area contributed by atoms with E-state index in [1.54, 1.807) is 0 Å². The summed E-state index contributed by atoms with van der Waals surface area (Å²) in [4.78, 5) is 26.5. The van der Waals surface area contributed by atoms with Crippen LogP contribution in [0.5, 0.6) is 0 Å². The molecule has 108 valence electrons. The number of carbonyl (C=O) groups excluding carboxylic acids is 2. The molecule has 1 heterocycles. The summed E-state index contributed by atoms with van der Waals surface area (Å²) in [6, 6.07) is 0.193. The summed E-state index contributed by atoms with van der Waals surface area (Å²) in [5.41, 5.74) is 0.0266. The van der Waals surface area contributed by atoms with Crippen LogP contribution in [0.25, 0.3) is 0 Å². The maximum atomic E-state index is 12.5. The number of likely N-dealkylation sites (tertiary alicyclic amines) is 1. The lowest BCUT2D eigenvalue weighted by atomic mass is 9.86. The molecule has 2 unspecified atom stereocenters. The van der Waals surface area contributed by atoms with E-state index in [9.17, 15) is 9.59 Å². The first-order valence-electron chi connectivity index (χ1n) is 7.71. The van der Waals surface area contributed by atoms with Crippen molar-refractivity contribution in [2.24, 2.45) is 11.3 Å². The molecule has 0 N–H and O–H groups in total. The van der Waals surface area contributed by atoms with Gasteiger partial charge in [0.1, 0.15) is 5.78 Å². The quantitative estimate of drug-likeness (QED) is 0.769. The molecule has 0 aromatic heterocycles. The first kappa shape index (κ1) is 14.5. The average Bonchev–Trinajstić information content (AvgIpc) is 2.73. The van der Waals surface area contributed by atoms with Crippen LogP contribution in [0.15, 0.2) is 0 Å². The minimum atomic E-state index is 0.0266. The van der Waals surface area contributed by atoms with Crippen LogP contribution in [0.3, 0.4) is 0 Å². The van der Waals surface area contributed by atoms with Crippen molar-refractivity contribution >= 4 is 11.7 Å². The number of hydrogen-bond acceptors (Lipinski definition) is 2. The number of amides is 1. The Bertz CT molecular complexity index is 356. The summed E-state index contributed by atoms with van der Waals surface area (Å²) < 4.78 is 0. The summed E-state index contributed by atoms with van der Waals surface area (Å²) in [7, 11) is 0. The summed E-state index contributed by atoms with van der Waals surface area (Å²) in [5, 5.41) is 0. The SMILES string of the molecule is CC(C)(C)CC(=O)N1CCCCC1C1CCCC1=O. The van der Waals surface area contributed by atoms with E-state index in [2.05, 4.69) is 20.8 Å². The van der Waals surface area contributed by atoms with E-state index < -0.39 is 0 Å². The highest BCUT2D eigenvalue weighted by atomic mass is 16.2. The van der Waals surface area contributed by atoms with Crippen molar-refractivity contribution < 1.29 is 9.59 Å². The standard InChI is InChI=1S/C16H27NO2/c1-16(2,3)11-15(19)17-10-5-4-8-13(17)12-7-6-9-14(12)18/h12-13H,4-11H2,1-3H3. The molecule has 2 atom stereocenters. The lowest BCUT2D eigenvalue weighted by Gasteiger charge is -2.40. The summed E-state index contributed by atoms with van der Waals surface area (Å²) in [6.07, 6.45) is 6.59. The minimum absolute atomic E-state index is 0.0266. The normalized spacial score (nSPS) is 28.8. The summed E-state index contributed by atoms with van der Waals surface area (Å²) >= 11 is 0. The summed E-state index contributed by atoms with van der Waals surface area (Å²) in [5.74, 6) is 0.765. The molecule has 0 aromatic carbocycles. The van der Waals surface area contributed by atoms with Crippen molar-refractivity contribution in [1.82, 2.24) is 4.90 Å². The number of rotatable bonds is 2. The number of Topliss-reactive ketones (excluding diaryl/α,β-unsaturated/α-hetero) is 1. The molecular formula is C16H27NO2. The van der Waals surface area contributed by atoms with Crippen molar-refractivity contribution in [3.63, 3.8) is 0 Å².